The Morgan fingerprint density at radius 2 is 1.85 bits per heavy atom. The second-order valence-corrected chi connectivity index (χ2v) is 8.24. The molecule has 34 heavy (non-hydrogen) atoms. The van der Waals surface area contributed by atoms with Crippen molar-refractivity contribution in [2.24, 2.45) is 0 Å². The number of benzene rings is 3. The van der Waals surface area contributed by atoms with E-state index in [0.29, 0.717) is 17.0 Å². The monoisotopic (exact) mass is 468 g/mol. The maximum Gasteiger partial charge on any atom is 0.248 e. The average molecular weight is 469 g/mol. The van der Waals surface area contributed by atoms with E-state index in [0.717, 1.165) is 38.4 Å². The maximum atomic E-state index is 12.7. The van der Waals surface area contributed by atoms with Crippen LogP contribution in [0.2, 0.25) is 5.15 Å². The molecule has 5 nitrogen and oxygen atoms in total. The number of anilines is 1. The summed E-state index contributed by atoms with van der Waals surface area (Å²) in [6.07, 6.45) is 4.86. The Labute approximate surface area is 201 Å². The standard InChI is InChI=1S/C28H21ClN2O3/c1-17(13-27(32)31-24-11-6-12-30-28(24)29)21-14-22-23(16-34-26(22)15-25(21)33-2)20-10-5-8-18-7-3-4-9-19(18)20/h3-16H,1-2H3,(H,31,32)/b17-13+. The number of pyridine rings is 1. The number of nitrogens with one attached hydrogen (secondary N) is 1. The van der Waals surface area contributed by atoms with Crippen LogP contribution in [-0.4, -0.2) is 18.0 Å². The van der Waals surface area contributed by atoms with E-state index in [1.165, 1.54) is 6.08 Å². The van der Waals surface area contributed by atoms with Gasteiger partial charge in [0.2, 0.25) is 5.91 Å². The molecule has 0 fully saturated rings. The van der Waals surface area contributed by atoms with E-state index >= 15 is 0 Å². The minimum Gasteiger partial charge on any atom is -0.496 e. The van der Waals surface area contributed by atoms with Crippen molar-refractivity contribution < 1.29 is 13.9 Å². The number of nitrogens with zero attached hydrogens (tertiary/aromatic N) is 1. The molecular formula is C28H21ClN2O3. The van der Waals surface area contributed by atoms with Gasteiger partial charge >= 0.3 is 0 Å². The highest BCUT2D eigenvalue weighted by Gasteiger charge is 2.16. The summed E-state index contributed by atoms with van der Waals surface area (Å²) in [5, 5.41) is 6.25. The largest absolute Gasteiger partial charge is 0.496 e. The first-order valence-electron chi connectivity index (χ1n) is 10.7. The molecule has 5 aromatic rings. The Bertz CT molecular complexity index is 1560. The number of aromatic nitrogens is 1. The summed E-state index contributed by atoms with van der Waals surface area (Å²) < 4.78 is 11.5. The predicted molar refractivity (Wildman–Crippen MR) is 137 cm³/mol. The lowest BCUT2D eigenvalue weighted by Crippen LogP contribution is -2.09. The van der Waals surface area contributed by atoms with Gasteiger partial charge in [0.1, 0.15) is 11.3 Å². The summed E-state index contributed by atoms with van der Waals surface area (Å²) in [7, 11) is 1.60. The van der Waals surface area contributed by atoms with Crippen molar-refractivity contribution >= 4 is 50.5 Å². The minimum atomic E-state index is -0.309. The highest BCUT2D eigenvalue weighted by Crippen LogP contribution is 2.39. The fraction of sp³-hybridized carbons (Fsp3) is 0.0714. The molecule has 3 aromatic carbocycles. The fourth-order valence-electron chi connectivity index (χ4n) is 4.12. The number of ether oxygens (including phenoxy) is 1. The molecular weight excluding hydrogens is 448 g/mol. The summed E-state index contributed by atoms with van der Waals surface area (Å²) in [6.45, 7) is 1.87. The zero-order valence-electron chi connectivity index (χ0n) is 18.6. The summed E-state index contributed by atoms with van der Waals surface area (Å²) in [4.78, 5) is 16.6. The Morgan fingerprint density at radius 1 is 1.03 bits per heavy atom. The van der Waals surface area contributed by atoms with Crippen LogP contribution in [-0.2, 0) is 4.79 Å². The second-order valence-electron chi connectivity index (χ2n) is 7.88. The number of furan rings is 1. The van der Waals surface area contributed by atoms with Crippen LogP contribution in [0.15, 0.2) is 89.7 Å². The molecule has 0 bridgehead atoms. The lowest BCUT2D eigenvalue weighted by molar-refractivity contribution is -0.111. The van der Waals surface area contributed by atoms with E-state index in [4.69, 9.17) is 20.8 Å². The third kappa shape index (κ3) is 4.02. The third-order valence-corrected chi connectivity index (χ3v) is 6.07. The summed E-state index contributed by atoms with van der Waals surface area (Å²) in [6, 6.07) is 21.7. The zero-order chi connectivity index (χ0) is 23.7. The first kappa shape index (κ1) is 21.7. The van der Waals surface area contributed by atoms with Gasteiger partial charge in [-0.15, -0.1) is 0 Å². The van der Waals surface area contributed by atoms with Gasteiger partial charge in [0, 0.05) is 34.9 Å². The van der Waals surface area contributed by atoms with Crippen LogP contribution < -0.4 is 10.1 Å². The molecule has 2 aromatic heterocycles. The highest BCUT2D eigenvalue weighted by molar-refractivity contribution is 6.32. The van der Waals surface area contributed by atoms with Crippen LogP contribution in [0.3, 0.4) is 0 Å². The molecule has 1 N–H and O–H groups in total. The average Bonchev–Trinajstić information content (AvgIpc) is 3.27. The molecule has 0 saturated carbocycles. The number of fused-ring (bicyclic) bond motifs is 2. The third-order valence-electron chi connectivity index (χ3n) is 5.76. The number of rotatable bonds is 5. The topological polar surface area (TPSA) is 64.4 Å². The second kappa shape index (κ2) is 9.04. The maximum absolute atomic E-state index is 12.7. The number of amides is 1. The Hall–Kier alpha value is -4.09. The molecule has 1 amide bonds. The molecule has 0 spiro atoms. The van der Waals surface area contributed by atoms with E-state index in [-0.39, 0.29) is 11.1 Å². The lowest BCUT2D eigenvalue weighted by atomic mass is 9.96. The van der Waals surface area contributed by atoms with Gasteiger partial charge in [0.25, 0.3) is 0 Å². The molecule has 0 unspecified atom stereocenters. The number of carbonyl (C=O) groups is 1. The summed E-state index contributed by atoms with van der Waals surface area (Å²) >= 11 is 6.06. The number of halogens is 1. The van der Waals surface area contributed by atoms with Crippen LogP contribution in [0.25, 0.3) is 38.4 Å². The number of hydrogen-bond donors (Lipinski definition) is 1. The number of allylic oxidation sites excluding steroid dienone is 1. The van der Waals surface area contributed by atoms with Crippen molar-refractivity contribution in [1.82, 2.24) is 4.98 Å². The first-order chi connectivity index (χ1) is 16.5. The van der Waals surface area contributed by atoms with Crippen molar-refractivity contribution in [1.29, 1.82) is 0 Å². The first-order valence-corrected chi connectivity index (χ1v) is 11.1. The highest BCUT2D eigenvalue weighted by atomic mass is 35.5. The van der Waals surface area contributed by atoms with Crippen LogP contribution in [0.5, 0.6) is 5.75 Å². The van der Waals surface area contributed by atoms with Gasteiger partial charge < -0.3 is 14.5 Å². The molecule has 0 saturated heterocycles. The Kier molecular flexibility index (Phi) is 5.78. The summed E-state index contributed by atoms with van der Waals surface area (Å²) in [5.74, 6) is 0.309. The van der Waals surface area contributed by atoms with Crippen molar-refractivity contribution in [3.63, 3.8) is 0 Å². The minimum absolute atomic E-state index is 0.235. The Balaban J connectivity index is 1.58. The number of carbonyl (C=O) groups excluding carboxylic acids is 1. The quantitative estimate of drug-likeness (QED) is 0.216. The molecule has 0 aliphatic rings. The van der Waals surface area contributed by atoms with Gasteiger partial charge in [-0.25, -0.2) is 4.98 Å². The molecule has 5 rings (SSSR count). The number of methoxy groups -OCH3 is 1. The van der Waals surface area contributed by atoms with Gasteiger partial charge in [-0.1, -0.05) is 54.1 Å². The summed E-state index contributed by atoms with van der Waals surface area (Å²) in [5.41, 5.74) is 4.76. The van der Waals surface area contributed by atoms with E-state index in [9.17, 15) is 4.79 Å². The normalized spacial score (nSPS) is 11.7. The fourth-order valence-corrected chi connectivity index (χ4v) is 4.29. The zero-order valence-corrected chi connectivity index (χ0v) is 19.4. The SMILES string of the molecule is COc1cc2occ(-c3cccc4ccccc34)c2cc1/C(C)=C/C(=O)Nc1cccnc1Cl. The van der Waals surface area contributed by atoms with Crippen LogP contribution in [0, 0.1) is 0 Å². The van der Waals surface area contributed by atoms with Crippen molar-refractivity contribution in [2.75, 3.05) is 12.4 Å². The molecule has 0 radical (unpaired) electrons. The van der Waals surface area contributed by atoms with Crippen LogP contribution >= 0.6 is 11.6 Å². The van der Waals surface area contributed by atoms with E-state index in [1.54, 1.807) is 31.7 Å². The van der Waals surface area contributed by atoms with Crippen LogP contribution in [0.4, 0.5) is 5.69 Å². The van der Waals surface area contributed by atoms with Crippen molar-refractivity contribution in [2.45, 2.75) is 6.92 Å². The molecule has 0 aliphatic carbocycles. The van der Waals surface area contributed by atoms with E-state index in [2.05, 4.69) is 34.6 Å². The molecule has 0 atom stereocenters. The number of hydrogen-bond acceptors (Lipinski definition) is 4. The smallest absolute Gasteiger partial charge is 0.248 e. The van der Waals surface area contributed by atoms with Gasteiger partial charge in [-0.3, -0.25) is 4.79 Å². The van der Waals surface area contributed by atoms with E-state index < -0.39 is 0 Å². The molecule has 2 heterocycles. The van der Waals surface area contributed by atoms with Gasteiger partial charge in [-0.05, 0) is 47.0 Å². The molecule has 0 aliphatic heterocycles. The van der Waals surface area contributed by atoms with Crippen molar-refractivity contribution in [3.05, 3.63) is 96.0 Å². The molecule has 168 valence electrons. The predicted octanol–water partition coefficient (Wildman–Crippen LogP) is 7.35. The van der Waals surface area contributed by atoms with Gasteiger partial charge in [-0.2, -0.15) is 0 Å². The molecule has 6 heteroatoms. The Morgan fingerprint density at radius 3 is 2.68 bits per heavy atom. The lowest BCUT2D eigenvalue weighted by Gasteiger charge is -2.11. The van der Waals surface area contributed by atoms with Crippen LogP contribution in [0.1, 0.15) is 12.5 Å². The van der Waals surface area contributed by atoms with Gasteiger partial charge in [0.05, 0.1) is 19.1 Å². The van der Waals surface area contributed by atoms with Gasteiger partial charge in [0.15, 0.2) is 5.15 Å². The van der Waals surface area contributed by atoms with E-state index in [1.807, 2.05) is 37.3 Å². The van der Waals surface area contributed by atoms with Crippen molar-refractivity contribution in [3.8, 4) is 16.9 Å².